The van der Waals surface area contributed by atoms with Gasteiger partial charge in [0.15, 0.2) is 0 Å². The Morgan fingerprint density at radius 3 is 1.28 bits per heavy atom. The molecule has 2 nitrogen and oxygen atoms in total. The molecule has 0 aromatic carbocycles. The fourth-order valence-electron chi connectivity index (χ4n) is 5.66. The van der Waals surface area contributed by atoms with Gasteiger partial charge < -0.3 is 0 Å². The number of imidazole rings is 1. The monoisotopic (exact) mass is 504 g/mol. The van der Waals surface area contributed by atoms with Gasteiger partial charge in [-0.3, -0.25) is 0 Å². The van der Waals surface area contributed by atoms with E-state index in [1.165, 1.54) is 180 Å². The highest BCUT2D eigenvalue weighted by atomic mass is 15.1. The maximum atomic E-state index is 2.57. The second-order valence-electron chi connectivity index (χ2n) is 11.6. The zero-order valence-electron chi connectivity index (χ0n) is 25.3. The van der Waals surface area contributed by atoms with Gasteiger partial charge in [-0.1, -0.05) is 149 Å². The van der Waals surface area contributed by atoms with E-state index in [0.29, 0.717) is 0 Å². The van der Waals surface area contributed by atoms with Crippen LogP contribution in [0.2, 0.25) is 0 Å². The molecule has 1 aromatic heterocycles. The molecule has 0 saturated carbocycles. The van der Waals surface area contributed by atoms with Gasteiger partial charge >= 0.3 is 0 Å². The molecule has 212 valence electrons. The van der Waals surface area contributed by atoms with E-state index in [4.69, 9.17) is 0 Å². The number of hydrogen-bond acceptors (Lipinski definition) is 0. The summed E-state index contributed by atoms with van der Waals surface area (Å²) in [5, 5.41) is 0. The van der Waals surface area contributed by atoms with Crippen LogP contribution in [0.4, 0.5) is 0 Å². The highest BCUT2D eigenvalue weighted by Crippen LogP contribution is 2.14. The van der Waals surface area contributed by atoms with Gasteiger partial charge in [0.25, 0.3) is 5.82 Å². The summed E-state index contributed by atoms with van der Waals surface area (Å²) in [6, 6.07) is 0. The van der Waals surface area contributed by atoms with Crippen molar-refractivity contribution in [3.8, 4) is 0 Å². The minimum atomic E-state index is 1.22. The van der Waals surface area contributed by atoms with Gasteiger partial charge in [0.1, 0.15) is 12.4 Å². The van der Waals surface area contributed by atoms with Crippen LogP contribution in [0.5, 0.6) is 0 Å². The van der Waals surface area contributed by atoms with Gasteiger partial charge in [-0.25, -0.2) is 9.13 Å². The van der Waals surface area contributed by atoms with Crippen LogP contribution in [0.15, 0.2) is 12.4 Å². The highest BCUT2D eigenvalue weighted by Gasteiger charge is 2.15. The molecular weight excluding hydrogens is 436 g/mol. The lowest BCUT2D eigenvalue weighted by Crippen LogP contribution is -2.37. The van der Waals surface area contributed by atoms with E-state index in [1.54, 1.807) is 5.82 Å². The van der Waals surface area contributed by atoms with Gasteiger partial charge in [0, 0.05) is 6.42 Å². The van der Waals surface area contributed by atoms with Crippen LogP contribution < -0.4 is 4.57 Å². The summed E-state index contributed by atoms with van der Waals surface area (Å²) in [4.78, 5) is 0. The molecule has 0 aliphatic rings. The molecule has 0 aliphatic carbocycles. The highest BCUT2D eigenvalue weighted by molar-refractivity contribution is 4.84. The first kappa shape index (κ1) is 33.2. The topological polar surface area (TPSA) is 8.81 Å². The Bertz CT molecular complexity index is 562. The van der Waals surface area contributed by atoms with Crippen molar-refractivity contribution in [1.82, 2.24) is 4.57 Å². The second-order valence-corrected chi connectivity index (χ2v) is 11.6. The molecule has 0 bridgehead atoms. The molecule has 0 radical (unpaired) electrons. The Morgan fingerprint density at radius 2 is 0.861 bits per heavy atom. The quantitative estimate of drug-likeness (QED) is 0.0794. The molecule has 0 fully saturated rings. The number of hydrogen-bond donors (Lipinski definition) is 0. The molecule has 0 atom stereocenters. The van der Waals surface area contributed by atoms with Crippen LogP contribution in [-0.2, 0) is 19.5 Å². The summed E-state index contributed by atoms with van der Waals surface area (Å²) in [5.41, 5.74) is 0. The van der Waals surface area contributed by atoms with E-state index in [0.717, 1.165) is 0 Å². The Hall–Kier alpha value is -0.790. The van der Waals surface area contributed by atoms with Gasteiger partial charge in [-0.15, -0.1) is 0 Å². The summed E-state index contributed by atoms with van der Waals surface area (Å²) < 4.78 is 5.14. The molecule has 1 aromatic rings. The van der Waals surface area contributed by atoms with Crippen LogP contribution in [-0.4, -0.2) is 4.57 Å². The lowest BCUT2D eigenvalue weighted by Gasteiger charge is -2.06. The largest absolute Gasteiger partial charge is 0.256 e. The van der Waals surface area contributed by atoms with Gasteiger partial charge in [-0.05, 0) is 32.1 Å². The summed E-state index contributed by atoms with van der Waals surface area (Å²) in [6.07, 6.45) is 41.6. The summed E-state index contributed by atoms with van der Waals surface area (Å²) in [7, 11) is 0. The SMILES string of the molecule is CCCCCCCCCCCCCCCn1cc[n+](CCCCCCCCCCCCC)c1CCC. The van der Waals surface area contributed by atoms with Crippen LogP contribution >= 0.6 is 0 Å². The zero-order chi connectivity index (χ0) is 25.9. The van der Waals surface area contributed by atoms with E-state index in [9.17, 15) is 0 Å². The molecule has 2 heteroatoms. The number of aryl methyl sites for hydroxylation is 2. The van der Waals surface area contributed by atoms with Gasteiger partial charge in [0.05, 0.1) is 13.1 Å². The standard InChI is InChI=1S/C34H67N2/c1-4-7-9-11-13-15-17-18-20-22-24-26-28-31-36-33-32-35(34(36)29-6-3)30-27-25-23-21-19-16-14-12-10-8-5-2/h32-33H,4-31H2,1-3H3/q+1. The van der Waals surface area contributed by atoms with Crippen LogP contribution in [0.3, 0.4) is 0 Å². The summed E-state index contributed by atoms with van der Waals surface area (Å²) in [6.45, 7) is 9.38. The predicted octanol–water partition coefficient (Wildman–Crippen LogP) is 11.1. The van der Waals surface area contributed by atoms with Crippen molar-refractivity contribution in [3.63, 3.8) is 0 Å². The third kappa shape index (κ3) is 18.5. The fourth-order valence-corrected chi connectivity index (χ4v) is 5.66. The first-order chi connectivity index (χ1) is 17.8. The number of rotatable bonds is 28. The molecule has 0 unspecified atom stereocenters. The molecule has 0 aliphatic heterocycles. The number of unbranched alkanes of at least 4 members (excludes halogenated alkanes) is 22. The predicted molar refractivity (Wildman–Crippen MR) is 161 cm³/mol. The van der Waals surface area contributed by atoms with Crippen molar-refractivity contribution in [2.75, 3.05) is 0 Å². The fraction of sp³-hybridized carbons (Fsp3) is 0.912. The normalized spacial score (nSPS) is 11.5. The lowest BCUT2D eigenvalue weighted by atomic mass is 10.0. The van der Waals surface area contributed by atoms with Crippen molar-refractivity contribution < 1.29 is 4.57 Å². The second kappa shape index (κ2) is 25.8. The van der Waals surface area contributed by atoms with E-state index >= 15 is 0 Å². The van der Waals surface area contributed by atoms with Crippen LogP contribution in [0.1, 0.15) is 187 Å². The molecule has 36 heavy (non-hydrogen) atoms. The molecule has 0 spiro atoms. The first-order valence-electron chi connectivity index (χ1n) is 16.9. The number of nitrogens with zero attached hydrogens (tertiary/aromatic N) is 2. The lowest BCUT2D eigenvalue weighted by molar-refractivity contribution is -0.704. The number of aromatic nitrogens is 2. The minimum absolute atomic E-state index is 1.22. The Balaban J connectivity index is 2.06. The maximum Gasteiger partial charge on any atom is 0.256 e. The third-order valence-corrected chi connectivity index (χ3v) is 8.07. The van der Waals surface area contributed by atoms with E-state index in [2.05, 4.69) is 42.3 Å². The van der Waals surface area contributed by atoms with Gasteiger partial charge in [0.2, 0.25) is 0 Å². The maximum absolute atomic E-state index is 2.57. The van der Waals surface area contributed by atoms with E-state index in [-0.39, 0.29) is 0 Å². The molecule has 0 amide bonds. The average molecular weight is 504 g/mol. The Labute approximate surface area is 228 Å². The molecule has 1 rings (SSSR count). The van der Waals surface area contributed by atoms with Gasteiger partial charge in [-0.2, -0.15) is 0 Å². The van der Waals surface area contributed by atoms with Crippen molar-refractivity contribution in [1.29, 1.82) is 0 Å². The first-order valence-corrected chi connectivity index (χ1v) is 16.9. The smallest absolute Gasteiger partial charge is 0.234 e. The Kier molecular flexibility index (Phi) is 23.9. The summed E-state index contributed by atoms with van der Waals surface area (Å²) in [5.74, 6) is 1.57. The van der Waals surface area contributed by atoms with Crippen molar-refractivity contribution in [2.24, 2.45) is 0 Å². The Morgan fingerprint density at radius 1 is 0.472 bits per heavy atom. The van der Waals surface area contributed by atoms with Crippen LogP contribution in [0.25, 0.3) is 0 Å². The van der Waals surface area contributed by atoms with Crippen molar-refractivity contribution in [2.45, 2.75) is 201 Å². The molecule has 0 N–H and O–H groups in total. The molecular formula is C34H67N2+. The molecule has 0 saturated heterocycles. The third-order valence-electron chi connectivity index (χ3n) is 8.07. The van der Waals surface area contributed by atoms with Crippen molar-refractivity contribution in [3.05, 3.63) is 18.2 Å². The van der Waals surface area contributed by atoms with Crippen molar-refractivity contribution >= 4 is 0 Å². The van der Waals surface area contributed by atoms with E-state index in [1.807, 2.05) is 0 Å². The molecule has 1 heterocycles. The average Bonchev–Trinajstić information content (AvgIpc) is 3.26. The minimum Gasteiger partial charge on any atom is -0.234 e. The summed E-state index contributed by atoms with van der Waals surface area (Å²) >= 11 is 0. The van der Waals surface area contributed by atoms with E-state index < -0.39 is 0 Å². The zero-order valence-corrected chi connectivity index (χ0v) is 25.3. The van der Waals surface area contributed by atoms with Crippen LogP contribution in [0, 0.1) is 0 Å².